The monoisotopic (exact) mass is 329 g/mol. The van der Waals surface area contributed by atoms with Gasteiger partial charge in [-0.05, 0) is 36.5 Å². The van der Waals surface area contributed by atoms with Gasteiger partial charge in [-0.1, -0.05) is 49.9 Å². The van der Waals surface area contributed by atoms with Crippen LogP contribution in [-0.4, -0.2) is 18.6 Å². The maximum atomic E-state index is 12.0. The van der Waals surface area contributed by atoms with Gasteiger partial charge in [0.15, 0.2) is 6.61 Å². The van der Waals surface area contributed by atoms with E-state index in [2.05, 4.69) is 19.2 Å². The van der Waals surface area contributed by atoms with E-state index in [1.54, 1.807) is 18.2 Å². The van der Waals surface area contributed by atoms with Gasteiger partial charge in [-0.15, -0.1) is 0 Å². The summed E-state index contributed by atoms with van der Waals surface area (Å²) in [6, 6.07) is 5.16. The van der Waals surface area contributed by atoms with E-state index >= 15 is 0 Å². The number of hydrogen-bond donors (Lipinski definition) is 1. The number of ether oxygens (including phenoxy) is 1. The Kier molecular flexibility index (Phi) is 5.77. The lowest BCUT2D eigenvalue weighted by Gasteiger charge is -2.34. The molecule has 0 radical (unpaired) electrons. The van der Waals surface area contributed by atoms with Gasteiger partial charge in [-0.2, -0.15) is 0 Å². The Labute approximate surface area is 136 Å². The first-order valence-corrected chi connectivity index (χ1v) is 8.09. The summed E-state index contributed by atoms with van der Waals surface area (Å²) in [5, 5.41) is 4.05. The third-order valence-corrected chi connectivity index (χ3v) is 4.70. The largest absolute Gasteiger partial charge is 0.484 e. The van der Waals surface area contributed by atoms with Crippen molar-refractivity contribution in [3.05, 3.63) is 28.2 Å². The molecule has 116 valence electrons. The average molecular weight is 330 g/mol. The van der Waals surface area contributed by atoms with E-state index in [1.165, 1.54) is 12.8 Å². The first-order chi connectivity index (χ1) is 9.95. The van der Waals surface area contributed by atoms with Crippen LogP contribution >= 0.6 is 23.2 Å². The molecule has 0 bridgehead atoms. The molecule has 2 rings (SSSR count). The van der Waals surface area contributed by atoms with E-state index in [4.69, 9.17) is 27.9 Å². The number of carbonyl (C=O) groups excluding carboxylic acids is 1. The highest BCUT2D eigenvalue weighted by Crippen LogP contribution is 2.29. The molecule has 0 saturated heterocycles. The molecule has 1 aliphatic carbocycles. The van der Waals surface area contributed by atoms with Crippen LogP contribution < -0.4 is 10.1 Å². The molecule has 1 aliphatic rings. The Morgan fingerprint density at radius 3 is 2.57 bits per heavy atom. The Morgan fingerprint density at radius 1 is 1.24 bits per heavy atom. The fourth-order valence-corrected chi connectivity index (χ4v) is 3.30. The maximum Gasteiger partial charge on any atom is 0.258 e. The minimum Gasteiger partial charge on any atom is -0.484 e. The van der Waals surface area contributed by atoms with Crippen molar-refractivity contribution < 1.29 is 9.53 Å². The van der Waals surface area contributed by atoms with Gasteiger partial charge in [-0.25, -0.2) is 0 Å². The van der Waals surface area contributed by atoms with Gasteiger partial charge >= 0.3 is 0 Å². The lowest BCUT2D eigenvalue weighted by atomic mass is 9.78. The fraction of sp³-hybridized carbons (Fsp3) is 0.562. The van der Waals surface area contributed by atoms with Gasteiger partial charge in [0.25, 0.3) is 5.91 Å². The first-order valence-electron chi connectivity index (χ1n) is 7.34. The SMILES string of the molecule is C[C@@H]1[C@H](C)CCC[C@H]1NC(=O)COc1cc(Cl)cc(Cl)c1. The highest BCUT2D eigenvalue weighted by Gasteiger charge is 2.28. The zero-order valence-electron chi connectivity index (χ0n) is 12.4. The van der Waals surface area contributed by atoms with Crippen molar-refractivity contribution in [1.82, 2.24) is 5.32 Å². The minimum atomic E-state index is -0.1000. The number of benzene rings is 1. The molecule has 21 heavy (non-hydrogen) atoms. The highest BCUT2D eigenvalue weighted by atomic mass is 35.5. The Morgan fingerprint density at radius 2 is 1.90 bits per heavy atom. The standard InChI is InChI=1S/C16H21Cl2NO2/c1-10-4-3-5-15(11(10)2)19-16(20)9-21-14-7-12(17)6-13(18)8-14/h6-8,10-11,15H,3-5,9H2,1-2H3,(H,19,20)/t10-,11-,15-/m1/s1. The summed E-state index contributed by atoms with van der Waals surface area (Å²) in [5.74, 6) is 1.56. The topological polar surface area (TPSA) is 38.3 Å². The second-order valence-corrected chi connectivity index (χ2v) is 6.71. The summed E-state index contributed by atoms with van der Waals surface area (Å²) in [4.78, 5) is 12.0. The van der Waals surface area contributed by atoms with Crippen molar-refractivity contribution in [2.45, 2.75) is 39.2 Å². The van der Waals surface area contributed by atoms with Crippen LogP contribution in [0.5, 0.6) is 5.75 Å². The molecule has 1 aromatic carbocycles. The van der Waals surface area contributed by atoms with Gasteiger partial charge in [0.05, 0.1) is 0 Å². The van der Waals surface area contributed by atoms with Crippen LogP contribution in [0.2, 0.25) is 10.0 Å². The van der Waals surface area contributed by atoms with Crippen LogP contribution in [0.4, 0.5) is 0 Å². The van der Waals surface area contributed by atoms with E-state index in [1.807, 2.05) is 0 Å². The second-order valence-electron chi connectivity index (χ2n) is 5.84. The number of amides is 1. The van der Waals surface area contributed by atoms with Gasteiger partial charge in [-0.3, -0.25) is 4.79 Å². The number of rotatable bonds is 4. The molecule has 1 N–H and O–H groups in total. The lowest BCUT2D eigenvalue weighted by molar-refractivity contribution is -0.124. The Bertz CT molecular complexity index is 487. The van der Waals surface area contributed by atoms with Crippen LogP contribution in [0.25, 0.3) is 0 Å². The van der Waals surface area contributed by atoms with E-state index in [9.17, 15) is 4.79 Å². The number of halogens is 2. The van der Waals surface area contributed by atoms with E-state index < -0.39 is 0 Å². The lowest BCUT2D eigenvalue weighted by Crippen LogP contribution is -2.45. The van der Waals surface area contributed by atoms with Crippen molar-refractivity contribution in [2.75, 3.05) is 6.61 Å². The van der Waals surface area contributed by atoms with Gasteiger partial charge < -0.3 is 10.1 Å². The van der Waals surface area contributed by atoms with Crippen molar-refractivity contribution in [2.24, 2.45) is 11.8 Å². The molecular formula is C16H21Cl2NO2. The first kappa shape index (κ1) is 16.4. The quantitative estimate of drug-likeness (QED) is 0.893. The third kappa shape index (κ3) is 4.79. The average Bonchev–Trinajstić information content (AvgIpc) is 2.41. The molecule has 1 saturated carbocycles. The van der Waals surface area contributed by atoms with Gasteiger partial charge in [0.2, 0.25) is 0 Å². The molecule has 1 aromatic rings. The zero-order chi connectivity index (χ0) is 15.4. The van der Waals surface area contributed by atoms with Crippen molar-refractivity contribution >= 4 is 29.1 Å². The predicted molar refractivity (Wildman–Crippen MR) is 86.1 cm³/mol. The van der Waals surface area contributed by atoms with Crippen LogP contribution in [0, 0.1) is 11.8 Å². The number of carbonyl (C=O) groups is 1. The molecule has 1 amide bonds. The summed E-state index contributed by atoms with van der Waals surface area (Å²) < 4.78 is 5.45. The summed E-state index contributed by atoms with van der Waals surface area (Å²) in [6.07, 6.45) is 3.45. The van der Waals surface area contributed by atoms with Gasteiger partial charge in [0, 0.05) is 16.1 Å². The van der Waals surface area contributed by atoms with Crippen LogP contribution in [0.15, 0.2) is 18.2 Å². The van der Waals surface area contributed by atoms with E-state index in [0.717, 1.165) is 6.42 Å². The Hall–Kier alpha value is -0.930. The van der Waals surface area contributed by atoms with Crippen LogP contribution in [0.3, 0.4) is 0 Å². The summed E-state index contributed by atoms with van der Waals surface area (Å²) in [5.41, 5.74) is 0. The van der Waals surface area contributed by atoms with E-state index in [0.29, 0.717) is 27.6 Å². The molecule has 0 heterocycles. The van der Waals surface area contributed by atoms with Crippen molar-refractivity contribution in [1.29, 1.82) is 0 Å². The third-order valence-electron chi connectivity index (χ3n) is 4.26. The molecule has 3 nitrogen and oxygen atoms in total. The zero-order valence-corrected chi connectivity index (χ0v) is 13.9. The Balaban J connectivity index is 1.84. The number of hydrogen-bond acceptors (Lipinski definition) is 2. The van der Waals surface area contributed by atoms with Gasteiger partial charge in [0.1, 0.15) is 5.75 Å². The predicted octanol–water partition coefficient (Wildman–Crippen LogP) is 4.31. The molecule has 0 aliphatic heterocycles. The molecule has 0 unspecified atom stereocenters. The second kappa shape index (κ2) is 7.37. The van der Waals surface area contributed by atoms with Crippen LogP contribution in [-0.2, 0) is 4.79 Å². The molecule has 3 atom stereocenters. The van der Waals surface area contributed by atoms with Crippen molar-refractivity contribution in [3.63, 3.8) is 0 Å². The summed E-state index contributed by atoms with van der Waals surface area (Å²) in [7, 11) is 0. The normalized spacial score (nSPS) is 25.4. The number of nitrogens with one attached hydrogen (secondary N) is 1. The maximum absolute atomic E-state index is 12.0. The van der Waals surface area contributed by atoms with E-state index in [-0.39, 0.29) is 18.6 Å². The highest BCUT2D eigenvalue weighted by molar-refractivity contribution is 6.34. The smallest absolute Gasteiger partial charge is 0.258 e. The molecule has 0 spiro atoms. The molecular weight excluding hydrogens is 309 g/mol. The van der Waals surface area contributed by atoms with Crippen LogP contribution in [0.1, 0.15) is 33.1 Å². The fourth-order valence-electron chi connectivity index (χ4n) is 2.79. The molecule has 1 fully saturated rings. The molecule has 5 heteroatoms. The summed E-state index contributed by atoms with van der Waals surface area (Å²) >= 11 is 11.8. The van der Waals surface area contributed by atoms with Crippen molar-refractivity contribution in [3.8, 4) is 5.75 Å². The minimum absolute atomic E-state index is 0.0196. The molecule has 0 aromatic heterocycles. The summed E-state index contributed by atoms with van der Waals surface area (Å²) in [6.45, 7) is 4.42.